The van der Waals surface area contributed by atoms with Crippen LogP contribution in [-0.2, 0) is 0 Å². The second kappa shape index (κ2) is 5.05. The first-order chi connectivity index (χ1) is 2.91. The van der Waals surface area contributed by atoms with Crippen LogP contribution in [0.3, 0.4) is 0 Å². The number of rotatable bonds is 3. The van der Waals surface area contributed by atoms with Crippen molar-refractivity contribution in [2.24, 2.45) is 0 Å². The summed E-state index contributed by atoms with van der Waals surface area (Å²) in [5.41, 5.74) is 0. The molecule has 0 saturated carbocycles. The van der Waals surface area contributed by atoms with Gasteiger partial charge in [0.05, 0.1) is 0 Å². The number of thioether (sulfide) groups is 1. The number of hydrogen-bond donors (Lipinski definition) is 1. The minimum atomic E-state index is 0.788. The molecule has 0 bridgehead atoms. The molecule has 0 heterocycles. The van der Waals surface area contributed by atoms with Crippen LogP contribution in [0.4, 0.5) is 0 Å². The van der Waals surface area contributed by atoms with Gasteiger partial charge >= 0.3 is 0 Å². The maximum absolute atomic E-state index is 7.99. The summed E-state index contributed by atoms with van der Waals surface area (Å²) < 4.78 is 0. The van der Waals surface area contributed by atoms with E-state index in [0.29, 0.717) is 0 Å². The van der Waals surface area contributed by atoms with Crippen LogP contribution < -0.4 is 0 Å². The Hall–Kier alpha value is 0.0500. The van der Waals surface area contributed by atoms with E-state index >= 15 is 0 Å². The lowest BCUT2D eigenvalue weighted by Gasteiger charge is -1.81. The number of aliphatic hydroxyl groups excluding tert-OH is 1. The topological polar surface area (TPSA) is 20.2 Å². The van der Waals surface area contributed by atoms with E-state index in [1.54, 1.807) is 6.08 Å². The van der Waals surface area contributed by atoms with E-state index in [2.05, 4.69) is 6.58 Å². The Morgan fingerprint density at radius 2 is 2.50 bits per heavy atom. The molecule has 1 radical (unpaired) electrons. The maximum Gasteiger partial charge on any atom is 0.135 e. The molecule has 0 unspecified atom stereocenters. The lowest BCUT2D eigenvalue weighted by molar-refractivity contribution is 0.446. The molecule has 6 heavy (non-hydrogen) atoms. The van der Waals surface area contributed by atoms with E-state index < -0.39 is 0 Å². The van der Waals surface area contributed by atoms with Crippen LogP contribution in [-0.4, -0.2) is 10.9 Å². The van der Waals surface area contributed by atoms with Gasteiger partial charge in [0.1, 0.15) is 5.94 Å². The standard InChI is InChI=1S/C4H7OS/c1-2-3-6-4-5/h2,4-5H,1,3H2. The van der Waals surface area contributed by atoms with E-state index in [4.69, 9.17) is 5.11 Å². The van der Waals surface area contributed by atoms with Gasteiger partial charge in [-0.3, -0.25) is 0 Å². The summed E-state index contributed by atoms with van der Waals surface area (Å²) in [4.78, 5) is 0. The Labute approximate surface area is 42.1 Å². The summed E-state index contributed by atoms with van der Waals surface area (Å²) in [6.45, 7) is 3.45. The Bertz CT molecular complexity index is 36.5. The minimum Gasteiger partial charge on any atom is -0.379 e. The molecule has 0 aromatic rings. The Kier molecular flexibility index (Phi) is 5.09. The van der Waals surface area contributed by atoms with E-state index in [1.807, 2.05) is 0 Å². The summed E-state index contributed by atoms with van der Waals surface area (Å²) in [6, 6.07) is 0. The molecule has 1 nitrogen and oxygen atoms in total. The highest BCUT2D eigenvalue weighted by Crippen LogP contribution is 1.98. The van der Waals surface area contributed by atoms with Crippen LogP contribution in [0, 0.1) is 5.94 Å². The molecule has 0 aliphatic carbocycles. The summed E-state index contributed by atoms with van der Waals surface area (Å²) in [7, 11) is 0. The van der Waals surface area contributed by atoms with Gasteiger partial charge in [-0.15, -0.1) is 18.3 Å². The summed E-state index contributed by atoms with van der Waals surface area (Å²) in [5.74, 6) is 1.85. The molecule has 0 amide bonds. The van der Waals surface area contributed by atoms with Crippen molar-refractivity contribution in [1.82, 2.24) is 0 Å². The average Bonchev–Trinajstić information content (AvgIpc) is 1.61. The molecule has 0 spiro atoms. The zero-order chi connectivity index (χ0) is 4.83. The second-order valence-corrected chi connectivity index (χ2v) is 1.60. The zero-order valence-corrected chi connectivity index (χ0v) is 4.24. The first kappa shape index (κ1) is 6.05. The molecule has 0 aromatic carbocycles. The highest BCUT2D eigenvalue weighted by molar-refractivity contribution is 8.01. The molecule has 2 heteroatoms. The minimum absolute atomic E-state index is 0.788. The maximum atomic E-state index is 7.99. The SMILES string of the molecule is C=CCS[CH]O. The summed E-state index contributed by atoms with van der Waals surface area (Å²) >= 11 is 1.32. The van der Waals surface area contributed by atoms with Crippen LogP contribution in [0.25, 0.3) is 0 Å². The Morgan fingerprint density at radius 3 is 2.67 bits per heavy atom. The summed E-state index contributed by atoms with van der Waals surface area (Å²) in [6.07, 6.45) is 1.73. The third-order valence-electron chi connectivity index (χ3n) is 0.289. The molecule has 0 saturated heterocycles. The fourth-order valence-corrected chi connectivity index (χ4v) is 0.333. The molecular formula is C4H7OS. The van der Waals surface area contributed by atoms with Crippen molar-refractivity contribution in [3.8, 4) is 0 Å². The fourth-order valence-electron chi connectivity index (χ4n) is 0.111. The Morgan fingerprint density at radius 1 is 1.83 bits per heavy atom. The lowest BCUT2D eigenvalue weighted by Crippen LogP contribution is -1.64. The molecule has 0 rings (SSSR count). The van der Waals surface area contributed by atoms with E-state index in [-0.39, 0.29) is 0 Å². The van der Waals surface area contributed by atoms with Crippen molar-refractivity contribution in [3.63, 3.8) is 0 Å². The van der Waals surface area contributed by atoms with Crippen LogP contribution in [0.2, 0.25) is 0 Å². The zero-order valence-electron chi connectivity index (χ0n) is 3.42. The largest absolute Gasteiger partial charge is 0.379 e. The van der Waals surface area contributed by atoms with Gasteiger partial charge in [-0.2, -0.15) is 0 Å². The smallest absolute Gasteiger partial charge is 0.135 e. The monoisotopic (exact) mass is 103 g/mol. The third-order valence-corrected chi connectivity index (χ3v) is 0.866. The molecule has 0 aliphatic rings. The number of hydrogen-bond acceptors (Lipinski definition) is 2. The van der Waals surface area contributed by atoms with Gasteiger partial charge in [0.25, 0.3) is 0 Å². The van der Waals surface area contributed by atoms with Gasteiger partial charge < -0.3 is 5.11 Å². The average molecular weight is 103 g/mol. The predicted octanol–water partition coefficient (Wildman–Crippen LogP) is 1.40. The molecular weight excluding hydrogens is 96.1 g/mol. The van der Waals surface area contributed by atoms with Gasteiger partial charge in [0, 0.05) is 5.75 Å². The molecule has 1 N–H and O–H groups in total. The lowest BCUT2D eigenvalue weighted by atomic mass is 10.8. The quantitative estimate of drug-likeness (QED) is 0.430. The molecule has 0 atom stereocenters. The highest BCUT2D eigenvalue weighted by atomic mass is 32.2. The fraction of sp³-hybridized carbons (Fsp3) is 0.250. The molecule has 0 aromatic heterocycles. The van der Waals surface area contributed by atoms with Crippen molar-refractivity contribution in [2.75, 3.05) is 5.75 Å². The molecule has 0 aliphatic heterocycles. The van der Waals surface area contributed by atoms with Crippen LogP contribution in [0.1, 0.15) is 0 Å². The normalized spacial score (nSPS) is 8.17. The van der Waals surface area contributed by atoms with Gasteiger partial charge in [0.15, 0.2) is 0 Å². The molecule has 0 fully saturated rings. The van der Waals surface area contributed by atoms with Gasteiger partial charge in [0.2, 0.25) is 0 Å². The van der Waals surface area contributed by atoms with Gasteiger partial charge in [-0.25, -0.2) is 0 Å². The first-order valence-electron chi connectivity index (χ1n) is 1.60. The van der Waals surface area contributed by atoms with Crippen molar-refractivity contribution >= 4 is 11.8 Å². The summed E-state index contributed by atoms with van der Waals surface area (Å²) in [5, 5.41) is 7.99. The van der Waals surface area contributed by atoms with Gasteiger partial charge in [-0.1, -0.05) is 6.08 Å². The van der Waals surface area contributed by atoms with Crippen LogP contribution in [0.5, 0.6) is 0 Å². The highest BCUT2D eigenvalue weighted by Gasteiger charge is 1.73. The number of aliphatic hydroxyl groups is 1. The molecule has 35 valence electrons. The van der Waals surface area contributed by atoms with Crippen molar-refractivity contribution in [1.29, 1.82) is 0 Å². The first-order valence-corrected chi connectivity index (χ1v) is 2.65. The van der Waals surface area contributed by atoms with Gasteiger partial charge in [-0.05, 0) is 0 Å². The van der Waals surface area contributed by atoms with E-state index in [0.717, 1.165) is 11.7 Å². The van der Waals surface area contributed by atoms with Crippen LogP contribution in [0.15, 0.2) is 12.7 Å². The second-order valence-electron chi connectivity index (χ2n) is 0.727. The van der Waals surface area contributed by atoms with Crippen LogP contribution >= 0.6 is 11.8 Å². The predicted molar refractivity (Wildman–Crippen MR) is 28.9 cm³/mol. The van der Waals surface area contributed by atoms with Crippen molar-refractivity contribution in [3.05, 3.63) is 18.6 Å². The van der Waals surface area contributed by atoms with E-state index in [1.165, 1.54) is 11.8 Å². The van der Waals surface area contributed by atoms with Crippen molar-refractivity contribution in [2.45, 2.75) is 0 Å². The van der Waals surface area contributed by atoms with E-state index in [9.17, 15) is 0 Å². The third kappa shape index (κ3) is 4.05. The Balaban J connectivity index is 2.49. The van der Waals surface area contributed by atoms with Crippen molar-refractivity contribution < 1.29 is 5.11 Å².